The first kappa shape index (κ1) is 41.6. The molecular weight excluding hydrogens is 670 g/mol. The third-order valence-electron chi connectivity index (χ3n) is 7.93. The second-order valence-electron chi connectivity index (χ2n) is 11.4. The Hall–Kier alpha value is -2.53. The molecule has 0 fully saturated rings. The molecule has 48 heavy (non-hydrogen) atoms. The fraction of sp³-hybridized carbons (Fsp3) is 0.486. The van der Waals surface area contributed by atoms with Crippen molar-refractivity contribution < 1.29 is 19.2 Å². The first-order valence-corrected chi connectivity index (χ1v) is 19.0. The van der Waals surface area contributed by atoms with Gasteiger partial charge in [-0.3, -0.25) is 9.97 Å². The van der Waals surface area contributed by atoms with E-state index in [1.807, 2.05) is 60.9 Å². The van der Waals surface area contributed by atoms with Crippen LogP contribution in [0, 0.1) is 0 Å². The number of aromatic nitrogens is 2. The van der Waals surface area contributed by atoms with Crippen LogP contribution in [0.2, 0.25) is 10.0 Å². The molecule has 0 aliphatic rings. The van der Waals surface area contributed by atoms with Crippen molar-refractivity contribution in [3.63, 3.8) is 0 Å². The van der Waals surface area contributed by atoms with E-state index in [2.05, 4.69) is 65.0 Å². The van der Waals surface area contributed by atoms with E-state index in [0.29, 0.717) is 6.04 Å². The minimum absolute atomic E-state index is 0.442. The summed E-state index contributed by atoms with van der Waals surface area (Å²) in [6, 6.07) is 16.2. The normalized spacial score (nSPS) is 12.0. The molecule has 0 amide bonds. The lowest BCUT2D eigenvalue weighted by Gasteiger charge is -2.20. The first-order valence-electron chi connectivity index (χ1n) is 16.7. The van der Waals surface area contributed by atoms with Gasteiger partial charge in [-0.05, 0) is 120 Å². The molecule has 0 aliphatic carbocycles. The van der Waals surface area contributed by atoms with Gasteiger partial charge in [0.15, 0.2) is 0 Å². The second kappa shape index (κ2) is 22.2. The van der Waals surface area contributed by atoms with Crippen LogP contribution in [0.25, 0.3) is 21.8 Å². The summed E-state index contributed by atoms with van der Waals surface area (Å²) in [5, 5.41) is 10.8. The fourth-order valence-electron chi connectivity index (χ4n) is 5.24. The van der Waals surface area contributed by atoms with Crippen molar-refractivity contribution in [3.8, 4) is 0 Å². The average Bonchev–Trinajstić information content (AvgIpc) is 3.04. The number of nitrogens with zero attached hydrogens (tertiary/aromatic N) is 4. The number of pyridine rings is 2. The SMILES string of the molecule is CCN(CC)CCCC(C)Nc1ccnc2cc(Cl)ccc12.CCN(CC)CCCCNc1ccnc2cc(Cl)ccc12.O=P(O)(O)O. The van der Waals surface area contributed by atoms with Crippen molar-refractivity contribution in [2.45, 2.75) is 66.3 Å². The van der Waals surface area contributed by atoms with Gasteiger partial charge in [0.25, 0.3) is 0 Å². The second-order valence-corrected chi connectivity index (χ2v) is 13.3. The molecule has 4 rings (SSSR count). The van der Waals surface area contributed by atoms with Crippen LogP contribution >= 0.6 is 31.0 Å². The Morgan fingerprint density at radius 3 is 1.69 bits per heavy atom. The van der Waals surface area contributed by atoms with Crippen LogP contribution in [-0.4, -0.2) is 86.3 Å². The van der Waals surface area contributed by atoms with Crippen molar-refractivity contribution in [3.05, 3.63) is 71.0 Å². The van der Waals surface area contributed by atoms with E-state index >= 15 is 0 Å². The summed E-state index contributed by atoms with van der Waals surface area (Å²) in [6.45, 7) is 19.0. The van der Waals surface area contributed by atoms with Gasteiger partial charge in [-0.25, -0.2) is 4.57 Å². The molecule has 1 atom stereocenters. The Labute approximate surface area is 296 Å². The van der Waals surface area contributed by atoms with Crippen LogP contribution in [0.3, 0.4) is 0 Å². The van der Waals surface area contributed by atoms with Gasteiger partial charge >= 0.3 is 7.82 Å². The van der Waals surface area contributed by atoms with Gasteiger partial charge in [-0.15, -0.1) is 0 Å². The van der Waals surface area contributed by atoms with Gasteiger partial charge in [0.05, 0.1) is 11.0 Å². The van der Waals surface area contributed by atoms with Crippen molar-refractivity contribution in [2.24, 2.45) is 0 Å². The number of phosphoric acid groups is 1. The minimum atomic E-state index is -4.64. The molecule has 4 aromatic rings. The number of nitrogens with one attached hydrogen (secondary N) is 2. The van der Waals surface area contributed by atoms with E-state index in [1.54, 1.807) is 0 Å². The van der Waals surface area contributed by atoms with Crippen molar-refractivity contribution >= 4 is 64.2 Å². The van der Waals surface area contributed by atoms with Gasteiger partial charge < -0.3 is 35.1 Å². The van der Waals surface area contributed by atoms with Crippen LogP contribution in [-0.2, 0) is 4.57 Å². The molecule has 1 unspecified atom stereocenters. The van der Waals surface area contributed by atoms with E-state index in [-0.39, 0.29) is 0 Å². The Morgan fingerprint density at radius 1 is 0.729 bits per heavy atom. The van der Waals surface area contributed by atoms with E-state index < -0.39 is 7.82 Å². The van der Waals surface area contributed by atoms with Crippen LogP contribution in [0.5, 0.6) is 0 Å². The third-order valence-corrected chi connectivity index (χ3v) is 8.40. The molecular formula is C35H53Cl2N6O4P. The smallest absolute Gasteiger partial charge is 0.384 e. The molecule has 0 saturated carbocycles. The van der Waals surface area contributed by atoms with Gasteiger partial charge in [-0.2, -0.15) is 0 Å². The highest BCUT2D eigenvalue weighted by Gasteiger charge is 2.08. The zero-order valence-electron chi connectivity index (χ0n) is 28.9. The minimum Gasteiger partial charge on any atom is -0.384 e. The van der Waals surface area contributed by atoms with Crippen LogP contribution in [0.1, 0.15) is 60.3 Å². The third kappa shape index (κ3) is 16.2. The Morgan fingerprint density at radius 2 is 1.19 bits per heavy atom. The van der Waals surface area contributed by atoms with Gasteiger partial charge in [0.1, 0.15) is 0 Å². The molecule has 2 aromatic carbocycles. The lowest BCUT2D eigenvalue weighted by atomic mass is 10.1. The van der Waals surface area contributed by atoms with Gasteiger partial charge in [-0.1, -0.05) is 50.9 Å². The predicted molar refractivity (Wildman–Crippen MR) is 203 cm³/mol. The average molecular weight is 724 g/mol. The molecule has 0 bridgehead atoms. The summed E-state index contributed by atoms with van der Waals surface area (Å²) in [5.74, 6) is 0. The number of hydrogen-bond acceptors (Lipinski definition) is 7. The Kier molecular flexibility index (Phi) is 19.3. The van der Waals surface area contributed by atoms with Crippen LogP contribution in [0.15, 0.2) is 60.9 Å². The van der Waals surface area contributed by atoms with E-state index in [0.717, 1.165) is 82.4 Å². The Bertz CT molecular complexity index is 1540. The number of rotatable bonds is 16. The summed E-state index contributed by atoms with van der Waals surface area (Å²) in [6.07, 6.45) is 8.44. The first-order chi connectivity index (χ1) is 22.9. The molecule has 0 radical (unpaired) electrons. The fourth-order valence-corrected chi connectivity index (χ4v) is 5.58. The van der Waals surface area contributed by atoms with E-state index in [4.69, 9.17) is 42.4 Å². The van der Waals surface area contributed by atoms with E-state index in [1.165, 1.54) is 32.4 Å². The number of halogens is 2. The molecule has 2 heterocycles. The molecule has 2 aromatic heterocycles. The topological polar surface area (TPSA) is 134 Å². The van der Waals surface area contributed by atoms with Crippen molar-refractivity contribution in [1.29, 1.82) is 0 Å². The molecule has 5 N–H and O–H groups in total. The summed E-state index contributed by atoms with van der Waals surface area (Å²) in [5.41, 5.74) is 4.15. The molecule has 10 nitrogen and oxygen atoms in total. The summed E-state index contributed by atoms with van der Waals surface area (Å²) in [7, 11) is -4.64. The zero-order chi connectivity index (χ0) is 35.5. The zero-order valence-corrected chi connectivity index (χ0v) is 31.3. The highest BCUT2D eigenvalue weighted by atomic mass is 35.5. The number of unbranched alkanes of at least 4 members (excludes halogenated alkanes) is 1. The Balaban J connectivity index is 0.000000293. The molecule has 13 heteroatoms. The molecule has 0 saturated heterocycles. The maximum absolute atomic E-state index is 8.88. The summed E-state index contributed by atoms with van der Waals surface area (Å²) in [4.78, 5) is 35.2. The maximum Gasteiger partial charge on any atom is 0.466 e. The molecule has 0 spiro atoms. The summed E-state index contributed by atoms with van der Waals surface area (Å²) < 4.78 is 8.88. The number of fused-ring (bicyclic) bond motifs is 2. The predicted octanol–water partition coefficient (Wildman–Crippen LogP) is 8.30. The lowest BCUT2D eigenvalue weighted by molar-refractivity contribution is 0.275. The molecule has 266 valence electrons. The van der Waals surface area contributed by atoms with Crippen molar-refractivity contribution in [1.82, 2.24) is 19.8 Å². The van der Waals surface area contributed by atoms with Crippen LogP contribution in [0.4, 0.5) is 11.4 Å². The lowest BCUT2D eigenvalue weighted by Crippen LogP contribution is -2.25. The van der Waals surface area contributed by atoms with Gasteiger partial charge in [0.2, 0.25) is 0 Å². The monoisotopic (exact) mass is 722 g/mol. The van der Waals surface area contributed by atoms with Crippen molar-refractivity contribution in [2.75, 3.05) is 56.4 Å². The maximum atomic E-state index is 8.88. The number of hydrogen-bond donors (Lipinski definition) is 5. The van der Waals surface area contributed by atoms with Crippen LogP contribution < -0.4 is 10.6 Å². The largest absolute Gasteiger partial charge is 0.466 e. The summed E-state index contributed by atoms with van der Waals surface area (Å²) >= 11 is 12.0. The molecule has 0 aliphatic heterocycles. The standard InChI is InChI=1S/C18H26ClN3.C17H24ClN3.H3O4P/c1-4-22(5-2)12-6-7-14(3)21-17-10-11-20-18-13-15(19)8-9-16(17)18;1-3-21(4-2)12-6-5-10-19-16-9-11-20-17-13-14(18)7-8-15(16)17;1-5(2,3)4/h8-11,13-14H,4-7,12H2,1-3H3,(H,20,21);7-9,11,13H,3-6,10,12H2,1-2H3,(H,19,20);(H3,1,2,3,4). The highest BCUT2D eigenvalue weighted by Crippen LogP contribution is 2.27. The number of anilines is 2. The van der Waals surface area contributed by atoms with E-state index in [9.17, 15) is 0 Å². The number of benzene rings is 2. The quantitative estimate of drug-likeness (QED) is 0.0568. The van der Waals surface area contributed by atoms with Gasteiger partial charge in [0, 0.05) is 57.2 Å². The highest BCUT2D eigenvalue weighted by molar-refractivity contribution is 7.45.